The quantitative estimate of drug-likeness (QED) is 0.821. The van der Waals surface area contributed by atoms with Crippen LogP contribution >= 0.6 is 0 Å². The Morgan fingerprint density at radius 1 is 1.16 bits per heavy atom. The van der Waals surface area contributed by atoms with Crippen molar-refractivity contribution >= 4 is 31.4 Å². The predicted octanol–water partition coefficient (Wildman–Crippen LogP) is 2.94. The molecule has 1 aromatic carbocycles. The van der Waals surface area contributed by atoms with E-state index in [-0.39, 0.29) is 15.6 Å². The minimum Gasteiger partial charge on any atom is -0.517 e. The molecule has 0 saturated carbocycles. The Morgan fingerprint density at radius 2 is 1.74 bits per heavy atom. The van der Waals surface area contributed by atoms with Crippen LogP contribution in [0.25, 0.3) is 0 Å². The first-order chi connectivity index (χ1) is 8.65. The first-order valence-corrected chi connectivity index (χ1v) is 14.3. The fraction of sp³-hybridized carbons (Fsp3) is 0.417. The highest BCUT2D eigenvalue weighted by Gasteiger charge is 2.39. The standard InChI is InChI=1S/C12H20O4Si3/c1-18(2,3)19(4,5)16-17-15-11-9-7-6-8-10(11)12(13)14/h6-9H,1-5H3,(H,13,14). The second-order valence-corrected chi connectivity index (χ2v) is 22.7. The number of carboxylic acid groups (broad SMARTS) is 1. The molecule has 1 rings (SSSR count). The monoisotopic (exact) mass is 312 g/mol. The summed E-state index contributed by atoms with van der Waals surface area (Å²) in [4.78, 5) is 11.0. The van der Waals surface area contributed by atoms with Crippen molar-refractivity contribution in [2.45, 2.75) is 32.7 Å². The molecule has 4 nitrogen and oxygen atoms in total. The van der Waals surface area contributed by atoms with Crippen molar-refractivity contribution in [3.05, 3.63) is 29.8 Å². The van der Waals surface area contributed by atoms with Crippen molar-refractivity contribution in [3.8, 4) is 5.75 Å². The normalized spacial score (nSPS) is 12.3. The SMILES string of the molecule is C[Si](C)(C)[Si](C)(C)O[Si]Oc1ccccc1C(=O)O. The summed E-state index contributed by atoms with van der Waals surface area (Å²) < 4.78 is 11.5. The third-order valence-electron chi connectivity index (χ3n) is 3.37. The van der Waals surface area contributed by atoms with Crippen LogP contribution in [0.15, 0.2) is 24.3 Å². The van der Waals surface area contributed by atoms with E-state index in [4.69, 9.17) is 13.6 Å². The van der Waals surface area contributed by atoms with Gasteiger partial charge in [0.15, 0.2) is 7.83 Å². The minimum absolute atomic E-state index is 0.143. The molecule has 0 amide bonds. The summed E-state index contributed by atoms with van der Waals surface area (Å²) in [6.45, 7) is 11.2. The molecule has 0 heterocycles. The number of carboxylic acids is 1. The lowest BCUT2D eigenvalue weighted by Gasteiger charge is -2.34. The van der Waals surface area contributed by atoms with E-state index in [0.717, 1.165) is 0 Å². The molecule has 0 aromatic heterocycles. The number of hydrogen-bond donors (Lipinski definition) is 1. The molecule has 0 bridgehead atoms. The smallest absolute Gasteiger partial charge is 0.509 e. The summed E-state index contributed by atoms with van der Waals surface area (Å²) in [6.07, 6.45) is 0. The van der Waals surface area contributed by atoms with Crippen molar-refractivity contribution in [2.75, 3.05) is 0 Å². The van der Waals surface area contributed by atoms with E-state index < -0.39 is 21.4 Å². The first-order valence-electron chi connectivity index (χ1n) is 6.07. The van der Waals surface area contributed by atoms with Gasteiger partial charge in [0.2, 0.25) is 0 Å². The Bertz CT molecular complexity index is 455. The van der Waals surface area contributed by atoms with Crippen LogP contribution in [0.3, 0.4) is 0 Å². The molecule has 0 atom stereocenters. The van der Waals surface area contributed by atoms with Crippen LogP contribution < -0.4 is 4.43 Å². The highest BCUT2D eigenvalue weighted by molar-refractivity contribution is 7.38. The first kappa shape index (κ1) is 16.2. The van der Waals surface area contributed by atoms with E-state index in [1.807, 2.05) is 0 Å². The molecular formula is C12H20O4Si3. The maximum Gasteiger partial charge on any atom is 0.509 e. The summed E-state index contributed by atoms with van der Waals surface area (Å²) in [6, 6.07) is 6.63. The lowest BCUT2D eigenvalue weighted by Crippen LogP contribution is -2.55. The topological polar surface area (TPSA) is 55.8 Å². The molecule has 1 aromatic rings. The lowest BCUT2D eigenvalue weighted by atomic mass is 10.2. The van der Waals surface area contributed by atoms with Gasteiger partial charge >= 0.3 is 16.0 Å². The van der Waals surface area contributed by atoms with E-state index in [1.54, 1.807) is 18.2 Å². The number of rotatable bonds is 6. The molecule has 0 aliphatic heterocycles. The van der Waals surface area contributed by atoms with E-state index in [9.17, 15) is 4.79 Å². The van der Waals surface area contributed by atoms with Crippen molar-refractivity contribution < 1.29 is 18.4 Å². The third kappa shape index (κ3) is 4.30. The molecule has 0 saturated heterocycles. The molecule has 2 radical (unpaired) electrons. The van der Waals surface area contributed by atoms with Crippen LogP contribution in [0, 0.1) is 0 Å². The zero-order valence-corrected chi connectivity index (χ0v) is 15.0. The zero-order valence-electron chi connectivity index (χ0n) is 12.0. The van der Waals surface area contributed by atoms with Crippen LogP contribution in [0.4, 0.5) is 0 Å². The summed E-state index contributed by atoms with van der Waals surface area (Å²) in [5, 5.41) is 9.05. The fourth-order valence-corrected chi connectivity index (χ4v) is 6.68. The molecule has 7 heteroatoms. The molecule has 104 valence electrons. The molecular weight excluding hydrogens is 292 g/mol. The summed E-state index contributed by atoms with van der Waals surface area (Å²) in [5.41, 5.74) is 0.172. The van der Waals surface area contributed by atoms with E-state index in [0.29, 0.717) is 5.75 Å². The van der Waals surface area contributed by atoms with E-state index in [1.165, 1.54) is 6.07 Å². The third-order valence-corrected chi connectivity index (χ3v) is 21.4. The van der Waals surface area contributed by atoms with Crippen LogP contribution in [-0.4, -0.2) is 36.5 Å². The van der Waals surface area contributed by atoms with Gasteiger partial charge in [0.1, 0.15) is 11.3 Å². The zero-order chi connectivity index (χ0) is 14.7. The van der Waals surface area contributed by atoms with Crippen molar-refractivity contribution in [3.63, 3.8) is 0 Å². The molecule has 0 spiro atoms. The molecule has 0 aliphatic rings. The molecule has 19 heavy (non-hydrogen) atoms. The van der Waals surface area contributed by atoms with Gasteiger partial charge < -0.3 is 13.6 Å². The van der Waals surface area contributed by atoms with Gasteiger partial charge in [0.05, 0.1) is 7.59 Å². The van der Waals surface area contributed by atoms with Crippen molar-refractivity contribution in [2.24, 2.45) is 0 Å². The molecule has 1 N–H and O–H groups in total. The average Bonchev–Trinajstić information content (AvgIpc) is 2.27. The number of carbonyl (C=O) groups is 1. The van der Waals surface area contributed by atoms with Gasteiger partial charge in [-0.2, -0.15) is 0 Å². The van der Waals surface area contributed by atoms with E-state index >= 15 is 0 Å². The summed E-state index contributed by atoms with van der Waals surface area (Å²) in [5.74, 6) is -0.615. The molecule has 0 fully saturated rings. The van der Waals surface area contributed by atoms with Gasteiger partial charge in [0, 0.05) is 0 Å². The van der Waals surface area contributed by atoms with Crippen LogP contribution in [0.1, 0.15) is 10.4 Å². The summed E-state index contributed by atoms with van der Waals surface area (Å²) in [7, 11) is -3.20. The highest BCUT2D eigenvalue weighted by Crippen LogP contribution is 2.21. The van der Waals surface area contributed by atoms with Gasteiger partial charge in [-0.15, -0.1) is 0 Å². The Labute approximate surface area is 118 Å². The summed E-state index contributed by atoms with van der Waals surface area (Å²) >= 11 is 0. The molecule has 0 unspecified atom stereocenters. The number of benzene rings is 1. The van der Waals surface area contributed by atoms with Gasteiger partial charge in [0.25, 0.3) is 0 Å². The minimum atomic E-state index is -1.72. The van der Waals surface area contributed by atoms with Crippen molar-refractivity contribution in [1.29, 1.82) is 0 Å². The second-order valence-electron chi connectivity index (χ2n) is 5.85. The Hall–Kier alpha value is -0.899. The Morgan fingerprint density at radius 3 is 2.26 bits per heavy atom. The van der Waals surface area contributed by atoms with E-state index in [2.05, 4.69) is 32.7 Å². The van der Waals surface area contributed by atoms with Crippen LogP contribution in [0.2, 0.25) is 32.7 Å². The average molecular weight is 313 g/mol. The lowest BCUT2D eigenvalue weighted by molar-refractivity contribution is 0.0695. The van der Waals surface area contributed by atoms with Crippen LogP contribution in [-0.2, 0) is 4.12 Å². The number of hydrogen-bond acceptors (Lipinski definition) is 3. The fourth-order valence-electron chi connectivity index (χ4n) is 1.06. The highest BCUT2D eigenvalue weighted by atomic mass is 29.3. The van der Waals surface area contributed by atoms with Gasteiger partial charge in [-0.25, -0.2) is 4.79 Å². The Kier molecular flexibility index (Phi) is 5.13. The second kappa shape index (κ2) is 6.04. The van der Waals surface area contributed by atoms with Gasteiger partial charge in [-0.1, -0.05) is 31.8 Å². The van der Waals surface area contributed by atoms with Gasteiger partial charge in [-0.3, -0.25) is 0 Å². The maximum absolute atomic E-state index is 11.0. The molecule has 0 aliphatic carbocycles. The van der Waals surface area contributed by atoms with Crippen molar-refractivity contribution in [1.82, 2.24) is 0 Å². The van der Waals surface area contributed by atoms with Gasteiger partial charge in [-0.05, 0) is 25.2 Å². The Balaban J connectivity index is 2.67. The number of para-hydroxylation sites is 1. The number of aromatic carboxylic acids is 1. The van der Waals surface area contributed by atoms with Crippen LogP contribution in [0.5, 0.6) is 5.75 Å². The largest absolute Gasteiger partial charge is 0.517 e. The maximum atomic E-state index is 11.0. The predicted molar refractivity (Wildman–Crippen MR) is 81.7 cm³/mol.